The van der Waals surface area contributed by atoms with E-state index in [9.17, 15) is 0 Å². The van der Waals surface area contributed by atoms with Crippen LogP contribution in [0.25, 0.3) is 0 Å². The largest absolute Gasteiger partial charge is 0.395 e. The molecule has 0 aromatic carbocycles. The predicted octanol–water partition coefficient (Wildman–Crippen LogP) is 0.469. The molecule has 0 unspecified atom stereocenters. The van der Waals surface area contributed by atoms with Crippen molar-refractivity contribution in [2.45, 2.75) is 38.8 Å². The van der Waals surface area contributed by atoms with Crippen LogP contribution in [-0.2, 0) is 0 Å². The van der Waals surface area contributed by atoms with Crippen molar-refractivity contribution in [1.29, 1.82) is 0 Å². The lowest BCUT2D eigenvalue weighted by molar-refractivity contribution is 0.0468. The van der Waals surface area contributed by atoms with Gasteiger partial charge < -0.3 is 10.0 Å². The molecular weight excluding hydrogens is 226 g/mol. The van der Waals surface area contributed by atoms with Gasteiger partial charge in [-0.2, -0.15) is 0 Å². The molecular formula is C14H29N3O. The van der Waals surface area contributed by atoms with E-state index in [0.717, 1.165) is 25.7 Å². The second-order valence-corrected chi connectivity index (χ2v) is 5.96. The third-order valence-corrected chi connectivity index (χ3v) is 4.57. The molecule has 4 heteroatoms. The van der Waals surface area contributed by atoms with E-state index in [-0.39, 0.29) is 0 Å². The molecule has 2 fully saturated rings. The molecule has 106 valence electrons. The van der Waals surface area contributed by atoms with Crippen molar-refractivity contribution in [3.8, 4) is 0 Å². The lowest BCUT2D eigenvalue weighted by atomic mass is 10.0. The van der Waals surface area contributed by atoms with Gasteiger partial charge in [0.2, 0.25) is 0 Å². The molecule has 2 saturated heterocycles. The fourth-order valence-corrected chi connectivity index (χ4v) is 3.26. The molecule has 4 nitrogen and oxygen atoms in total. The Morgan fingerprint density at radius 1 is 1.00 bits per heavy atom. The lowest BCUT2D eigenvalue weighted by Crippen LogP contribution is -2.54. The van der Waals surface area contributed by atoms with Crippen LogP contribution >= 0.6 is 0 Å². The summed E-state index contributed by atoms with van der Waals surface area (Å²) in [4.78, 5) is 7.64. The number of piperidine rings is 1. The molecule has 0 amide bonds. The molecule has 0 aliphatic carbocycles. The molecule has 2 aliphatic rings. The van der Waals surface area contributed by atoms with Crippen molar-refractivity contribution >= 4 is 0 Å². The highest BCUT2D eigenvalue weighted by molar-refractivity contribution is 4.84. The molecule has 0 radical (unpaired) electrons. The molecule has 1 N–H and O–H groups in total. The molecule has 0 spiro atoms. The van der Waals surface area contributed by atoms with Crippen LogP contribution in [0.5, 0.6) is 0 Å². The Balaban J connectivity index is 1.71. The lowest BCUT2D eigenvalue weighted by Gasteiger charge is -2.43. The SMILES string of the molecule is CC(C)N1CCC(N2CCN(CCO)CC2)CC1. The predicted molar refractivity (Wildman–Crippen MR) is 74.8 cm³/mol. The third-order valence-electron chi connectivity index (χ3n) is 4.57. The summed E-state index contributed by atoms with van der Waals surface area (Å²) in [5.74, 6) is 0. The number of hydrogen-bond acceptors (Lipinski definition) is 4. The summed E-state index contributed by atoms with van der Waals surface area (Å²) in [7, 11) is 0. The van der Waals surface area contributed by atoms with Gasteiger partial charge in [0.1, 0.15) is 0 Å². The van der Waals surface area contributed by atoms with E-state index in [1.54, 1.807) is 0 Å². The van der Waals surface area contributed by atoms with Gasteiger partial charge in [-0.1, -0.05) is 0 Å². The Bertz CT molecular complexity index is 231. The van der Waals surface area contributed by atoms with Gasteiger partial charge in [0, 0.05) is 44.8 Å². The van der Waals surface area contributed by atoms with Crippen molar-refractivity contribution < 1.29 is 5.11 Å². The van der Waals surface area contributed by atoms with Crippen LogP contribution in [-0.4, -0.2) is 84.3 Å². The first-order valence-corrected chi connectivity index (χ1v) is 7.52. The minimum Gasteiger partial charge on any atom is -0.395 e. The molecule has 2 aliphatic heterocycles. The molecule has 0 aromatic heterocycles. The van der Waals surface area contributed by atoms with E-state index in [1.807, 2.05) is 0 Å². The second-order valence-electron chi connectivity index (χ2n) is 5.96. The third kappa shape index (κ3) is 3.67. The summed E-state index contributed by atoms with van der Waals surface area (Å²) in [6.45, 7) is 12.9. The van der Waals surface area contributed by atoms with E-state index in [2.05, 4.69) is 28.5 Å². The maximum atomic E-state index is 8.95. The van der Waals surface area contributed by atoms with Crippen LogP contribution in [0.3, 0.4) is 0 Å². The van der Waals surface area contributed by atoms with Gasteiger partial charge in [-0.15, -0.1) is 0 Å². The molecule has 0 saturated carbocycles. The number of hydrogen-bond donors (Lipinski definition) is 1. The Labute approximate surface area is 112 Å². The number of aliphatic hydroxyl groups is 1. The summed E-state index contributed by atoms with van der Waals surface area (Å²) in [5.41, 5.74) is 0. The van der Waals surface area contributed by atoms with Crippen LogP contribution in [0.2, 0.25) is 0 Å². The van der Waals surface area contributed by atoms with Crippen LogP contribution < -0.4 is 0 Å². The van der Waals surface area contributed by atoms with Crippen LogP contribution in [0.1, 0.15) is 26.7 Å². The van der Waals surface area contributed by atoms with Crippen molar-refractivity contribution in [1.82, 2.24) is 14.7 Å². The van der Waals surface area contributed by atoms with Gasteiger partial charge in [0.25, 0.3) is 0 Å². The second kappa shape index (κ2) is 6.85. The number of nitrogens with zero attached hydrogens (tertiary/aromatic N) is 3. The van der Waals surface area contributed by atoms with Gasteiger partial charge in [0.15, 0.2) is 0 Å². The Hall–Kier alpha value is -0.160. The molecule has 2 rings (SSSR count). The van der Waals surface area contributed by atoms with E-state index in [1.165, 1.54) is 39.0 Å². The molecule has 2 heterocycles. The first-order valence-electron chi connectivity index (χ1n) is 7.52. The van der Waals surface area contributed by atoms with Crippen LogP contribution in [0.15, 0.2) is 0 Å². The zero-order valence-corrected chi connectivity index (χ0v) is 12.0. The van der Waals surface area contributed by atoms with Gasteiger partial charge in [-0.25, -0.2) is 0 Å². The summed E-state index contributed by atoms with van der Waals surface area (Å²) in [5, 5.41) is 8.95. The topological polar surface area (TPSA) is 30.0 Å². The molecule has 0 bridgehead atoms. The first kappa shape index (κ1) is 14.3. The van der Waals surface area contributed by atoms with Gasteiger partial charge in [-0.3, -0.25) is 9.80 Å². The first-order chi connectivity index (χ1) is 8.70. The quantitative estimate of drug-likeness (QED) is 0.791. The molecule has 0 aromatic rings. The fourth-order valence-electron chi connectivity index (χ4n) is 3.26. The minimum absolute atomic E-state index is 0.298. The Morgan fingerprint density at radius 2 is 1.61 bits per heavy atom. The van der Waals surface area contributed by atoms with E-state index in [0.29, 0.717) is 12.6 Å². The zero-order chi connectivity index (χ0) is 13.0. The van der Waals surface area contributed by atoms with E-state index < -0.39 is 0 Å². The smallest absolute Gasteiger partial charge is 0.0558 e. The Morgan fingerprint density at radius 3 is 2.11 bits per heavy atom. The summed E-state index contributed by atoms with van der Waals surface area (Å²) >= 11 is 0. The van der Waals surface area contributed by atoms with Crippen LogP contribution in [0.4, 0.5) is 0 Å². The standard InChI is InChI=1S/C14H29N3O/c1-13(2)16-5-3-14(4-6-16)17-9-7-15(8-10-17)11-12-18/h13-14,18H,3-12H2,1-2H3. The Kier molecular flexibility index (Phi) is 5.42. The van der Waals surface area contributed by atoms with Gasteiger partial charge in [0.05, 0.1) is 6.61 Å². The van der Waals surface area contributed by atoms with Gasteiger partial charge in [-0.05, 0) is 39.8 Å². The molecule has 0 atom stereocenters. The summed E-state index contributed by atoms with van der Waals surface area (Å²) < 4.78 is 0. The highest BCUT2D eigenvalue weighted by Gasteiger charge is 2.27. The van der Waals surface area contributed by atoms with Crippen molar-refractivity contribution in [2.75, 3.05) is 52.4 Å². The average Bonchev–Trinajstić information content (AvgIpc) is 2.40. The van der Waals surface area contributed by atoms with E-state index >= 15 is 0 Å². The highest BCUT2D eigenvalue weighted by Crippen LogP contribution is 2.19. The number of likely N-dealkylation sites (tertiary alicyclic amines) is 1. The number of aliphatic hydroxyl groups excluding tert-OH is 1. The van der Waals surface area contributed by atoms with Crippen LogP contribution in [0, 0.1) is 0 Å². The normalized spacial score (nSPS) is 26.0. The monoisotopic (exact) mass is 255 g/mol. The number of β-amino-alcohol motifs (C(OH)–C–C–N with tert-alkyl or cyclic N) is 1. The maximum absolute atomic E-state index is 8.95. The van der Waals surface area contributed by atoms with E-state index in [4.69, 9.17) is 5.11 Å². The van der Waals surface area contributed by atoms with Crippen molar-refractivity contribution in [2.24, 2.45) is 0 Å². The van der Waals surface area contributed by atoms with Gasteiger partial charge >= 0.3 is 0 Å². The zero-order valence-electron chi connectivity index (χ0n) is 12.0. The number of rotatable bonds is 4. The molecule has 18 heavy (non-hydrogen) atoms. The van der Waals surface area contributed by atoms with Crippen molar-refractivity contribution in [3.05, 3.63) is 0 Å². The summed E-state index contributed by atoms with van der Waals surface area (Å²) in [6, 6.07) is 1.50. The minimum atomic E-state index is 0.298. The average molecular weight is 255 g/mol. The maximum Gasteiger partial charge on any atom is 0.0558 e. The van der Waals surface area contributed by atoms with Crippen molar-refractivity contribution in [3.63, 3.8) is 0 Å². The highest BCUT2D eigenvalue weighted by atomic mass is 16.3. The number of piperazine rings is 1. The summed E-state index contributed by atoms with van der Waals surface area (Å²) in [6.07, 6.45) is 2.66. The fraction of sp³-hybridized carbons (Fsp3) is 1.00.